The largest absolute Gasteiger partial charge is 0.503 e. The molecule has 0 saturated carbocycles. The minimum absolute atomic E-state index is 0.0786. The molecule has 2 aliphatic rings. The fraction of sp³-hybridized carbons (Fsp3) is 0.364. The predicted molar refractivity (Wildman–Crippen MR) is 105 cm³/mol. The highest BCUT2D eigenvalue weighted by Gasteiger charge is 2.44. The van der Waals surface area contributed by atoms with E-state index in [2.05, 4.69) is 0 Å². The molecule has 0 radical (unpaired) electrons. The van der Waals surface area contributed by atoms with Crippen molar-refractivity contribution in [2.45, 2.75) is 12.5 Å². The number of nitrogens with one attached hydrogen (secondary N) is 1. The van der Waals surface area contributed by atoms with Gasteiger partial charge in [0.1, 0.15) is 13.1 Å². The van der Waals surface area contributed by atoms with Gasteiger partial charge in [-0.25, -0.2) is 0 Å². The molecule has 3 heterocycles. The number of ketones is 1. The number of carbonyl (C=O) groups excluding carboxylic acids is 2. The summed E-state index contributed by atoms with van der Waals surface area (Å²) in [5.74, 6) is -1.35. The summed E-state index contributed by atoms with van der Waals surface area (Å²) < 4.78 is 10.6. The van der Waals surface area contributed by atoms with E-state index in [0.717, 1.165) is 44.8 Å². The number of Topliss-reactive ketones (excluding diaryl/α,β-unsaturated/α-hetero) is 1. The number of furan rings is 1. The molecular formula is C22H25N2O5+. The predicted octanol–water partition coefficient (Wildman–Crippen LogP) is 1.16. The molecule has 2 N–H and O–H groups in total. The maximum Gasteiger partial charge on any atom is 0.290 e. The summed E-state index contributed by atoms with van der Waals surface area (Å²) in [5.41, 5.74) is 0.869. The SMILES string of the molecule is O=C(C1=C(O)C(=O)N(CCC[NH+]2CCOCC2)[C@H]1c1ccccc1)c1ccco1. The number of hydrogen-bond donors (Lipinski definition) is 2. The molecule has 1 aromatic heterocycles. The van der Waals surface area contributed by atoms with Crippen molar-refractivity contribution in [1.29, 1.82) is 0 Å². The minimum atomic E-state index is -0.624. The second-order valence-corrected chi connectivity index (χ2v) is 7.35. The van der Waals surface area contributed by atoms with Gasteiger partial charge < -0.3 is 24.1 Å². The molecule has 29 heavy (non-hydrogen) atoms. The lowest BCUT2D eigenvalue weighted by molar-refractivity contribution is -0.908. The average Bonchev–Trinajstić information content (AvgIpc) is 3.38. The van der Waals surface area contributed by atoms with E-state index >= 15 is 0 Å². The maximum absolute atomic E-state index is 13.0. The number of quaternary nitrogens is 1. The summed E-state index contributed by atoms with van der Waals surface area (Å²) in [4.78, 5) is 28.9. The Balaban J connectivity index is 1.57. The zero-order valence-electron chi connectivity index (χ0n) is 16.2. The summed E-state index contributed by atoms with van der Waals surface area (Å²) in [6, 6.07) is 11.9. The molecule has 1 amide bonds. The van der Waals surface area contributed by atoms with Gasteiger partial charge in [0.2, 0.25) is 5.78 Å². The number of rotatable bonds is 7. The zero-order chi connectivity index (χ0) is 20.2. The molecule has 2 aliphatic heterocycles. The molecule has 0 unspecified atom stereocenters. The molecular weight excluding hydrogens is 372 g/mol. The number of ether oxygens (including phenoxy) is 1. The highest BCUT2D eigenvalue weighted by molar-refractivity contribution is 6.14. The molecule has 4 rings (SSSR count). The van der Waals surface area contributed by atoms with Crippen molar-refractivity contribution in [3.8, 4) is 0 Å². The van der Waals surface area contributed by atoms with E-state index in [9.17, 15) is 14.7 Å². The highest BCUT2D eigenvalue weighted by atomic mass is 16.5. The van der Waals surface area contributed by atoms with Gasteiger partial charge in [0.25, 0.3) is 5.91 Å². The summed E-state index contributed by atoms with van der Waals surface area (Å²) in [6.07, 6.45) is 2.18. The van der Waals surface area contributed by atoms with Gasteiger partial charge in [0, 0.05) is 13.0 Å². The lowest BCUT2D eigenvalue weighted by Crippen LogP contribution is -3.14. The van der Waals surface area contributed by atoms with Crippen LogP contribution in [0.1, 0.15) is 28.6 Å². The van der Waals surface area contributed by atoms with Gasteiger partial charge in [0.15, 0.2) is 11.5 Å². The molecule has 1 atom stereocenters. The number of carbonyl (C=O) groups is 2. The summed E-state index contributed by atoms with van der Waals surface area (Å²) in [7, 11) is 0. The minimum Gasteiger partial charge on any atom is -0.503 e. The van der Waals surface area contributed by atoms with Crippen LogP contribution < -0.4 is 4.90 Å². The summed E-state index contributed by atoms with van der Waals surface area (Å²) in [6.45, 7) is 4.81. The number of hydrogen-bond acceptors (Lipinski definition) is 5. The lowest BCUT2D eigenvalue weighted by atomic mass is 9.95. The van der Waals surface area contributed by atoms with Crippen molar-refractivity contribution in [2.24, 2.45) is 0 Å². The summed E-state index contributed by atoms with van der Waals surface area (Å²) in [5, 5.41) is 10.6. The number of aliphatic hydroxyl groups is 1. The van der Waals surface area contributed by atoms with Crippen LogP contribution in [0.5, 0.6) is 0 Å². The van der Waals surface area contributed by atoms with E-state index in [1.165, 1.54) is 11.2 Å². The number of nitrogens with zero attached hydrogens (tertiary/aromatic N) is 1. The molecule has 2 aromatic rings. The number of morpholine rings is 1. The van der Waals surface area contributed by atoms with Crippen molar-refractivity contribution in [1.82, 2.24) is 4.90 Å². The summed E-state index contributed by atoms with van der Waals surface area (Å²) >= 11 is 0. The van der Waals surface area contributed by atoms with Crippen LogP contribution in [0.15, 0.2) is 64.5 Å². The van der Waals surface area contributed by atoms with E-state index in [1.807, 2.05) is 30.3 Å². The number of benzene rings is 1. The normalized spacial score (nSPS) is 20.5. The Hall–Kier alpha value is -2.90. The quantitative estimate of drug-likeness (QED) is 0.685. The van der Waals surface area contributed by atoms with Gasteiger partial charge in [-0.3, -0.25) is 9.59 Å². The smallest absolute Gasteiger partial charge is 0.290 e. The van der Waals surface area contributed by atoms with Crippen LogP contribution in [0.2, 0.25) is 0 Å². The topological polar surface area (TPSA) is 84.4 Å². The van der Waals surface area contributed by atoms with Crippen LogP contribution in [0.25, 0.3) is 0 Å². The molecule has 7 heteroatoms. The van der Waals surface area contributed by atoms with Gasteiger partial charge in [-0.1, -0.05) is 30.3 Å². The van der Waals surface area contributed by atoms with E-state index in [1.54, 1.807) is 17.0 Å². The Morgan fingerprint density at radius 2 is 1.90 bits per heavy atom. The zero-order valence-corrected chi connectivity index (χ0v) is 16.2. The molecule has 152 valence electrons. The van der Waals surface area contributed by atoms with Crippen LogP contribution in [0, 0.1) is 0 Å². The first-order valence-corrected chi connectivity index (χ1v) is 9.95. The van der Waals surface area contributed by atoms with E-state index in [-0.39, 0.29) is 11.3 Å². The fourth-order valence-corrected chi connectivity index (χ4v) is 4.05. The van der Waals surface area contributed by atoms with Gasteiger partial charge in [-0.05, 0) is 17.7 Å². The number of aliphatic hydroxyl groups excluding tert-OH is 1. The fourth-order valence-electron chi connectivity index (χ4n) is 4.05. The maximum atomic E-state index is 13.0. The molecule has 0 bridgehead atoms. The Kier molecular flexibility index (Phi) is 5.78. The third-order valence-corrected chi connectivity index (χ3v) is 5.54. The first-order chi connectivity index (χ1) is 14.2. The van der Waals surface area contributed by atoms with Crippen LogP contribution in [0.3, 0.4) is 0 Å². The van der Waals surface area contributed by atoms with Crippen molar-refractivity contribution in [2.75, 3.05) is 39.4 Å². The van der Waals surface area contributed by atoms with Crippen molar-refractivity contribution < 1.29 is 28.7 Å². The second-order valence-electron chi connectivity index (χ2n) is 7.35. The van der Waals surface area contributed by atoms with Gasteiger partial charge in [0.05, 0.1) is 37.6 Å². The van der Waals surface area contributed by atoms with Crippen molar-refractivity contribution in [3.63, 3.8) is 0 Å². The molecule has 0 spiro atoms. The standard InChI is InChI=1S/C22H24N2O5/c25-20(17-8-4-13-29-17)18-19(16-6-2-1-3-7-16)24(22(27)21(18)26)10-5-9-23-11-14-28-15-12-23/h1-4,6-8,13,19,26H,5,9-12,14-15H2/p+1/t19-/m0/s1. The Morgan fingerprint density at radius 3 is 2.59 bits per heavy atom. The van der Waals surface area contributed by atoms with Crippen LogP contribution in [-0.2, 0) is 9.53 Å². The van der Waals surface area contributed by atoms with E-state index in [4.69, 9.17) is 9.15 Å². The second kappa shape index (κ2) is 8.63. The number of amides is 1. The van der Waals surface area contributed by atoms with Crippen molar-refractivity contribution in [3.05, 3.63) is 71.4 Å². The Bertz CT molecular complexity index is 885. The van der Waals surface area contributed by atoms with Gasteiger partial charge in [-0.2, -0.15) is 0 Å². The molecule has 1 aromatic carbocycles. The van der Waals surface area contributed by atoms with Crippen molar-refractivity contribution >= 4 is 11.7 Å². The van der Waals surface area contributed by atoms with E-state index < -0.39 is 23.5 Å². The molecule has 1 saturated heterocycles. The first-order valence-electron chi connectivity index (χ1n) is 9.95. The first kappa shape index (κ1) is 19.4. The third kappa shape index (κ3) is 3.97. The van der Waals surface area contributed by atoms with Crippen LogP contribution in [0.4, 0.5) is 0 Å². The average molecular weight is 397 g/mol. The third-order valence-electron chi connectivity index (χ3n) is 5.54. The molecule has 7 nitrogen and oxygen atoms in total. The van der Waals surface area contributed by atoms with Gasteiger partial charge >= 0.3 is 0 Å². The Labute approximate surface area is 169 Å². The highest BCUT2D eigenvalue weighted by Crippen LogP contribution is 2.38. The molecule has 0 aliphatic carbocycles. The van der Waals surface area contributed by atoms with Crippen LogP contribution in [-0.4, -0.2) is 61.1 Å². The van der Waals surface area contributed by atoms with E-state index in [0.29, 0.717) is 6.54 Å². The monoisotopic (exact) mass is 397 g/mol. The van der Waals surface area contributed by atoms with Gasteiger partial charge in [-0.15, -0.1) is 0 Å². The van der Waals surface area contributed by atoms with Crippen LogP contribution >= 0.6 is 0 Å². The molecule has 1 fully saturated rings. The Morgan fingerprint density at radius 1 is 1.14 bits per heavy atom. The lowest BCUT2D eigenvalue weighted by Gasteiger charge is -2.28.